The zero-order chi connectivity index (χ0) is 9.10. The third-order valence-corrected chi connectivity index (χ3v) is 2.24. The van der Waals surface area contributed by atoms with Crippen molar-refractivity contribution in [1.82, 2.24) is 5.32 Å². The first-order chi connectivity index (χ1) is 6.42. The highest BCUT2D eigenvalue weighted by atomic mass is 16.3. The minimum absolute atomic E-state index is 0.432. The van der Waals surface area contributed by atoms with Crippen molar-refractivity contribution in [1.29, 1.82) is 0 Å². The molecule has 0 radical (unpaired) electrons. The van der Waals surface area contributed by atoms with Crippen LogP contribution in [0, 0.1) is 0 Å². The van der Waals surface area contributed by atoms with E-state index in [2.05, 4.69) is 10.2 Å². The maximum Gasteiger partial charge on any atom is 0.189 e. The van der Waals surface area contributed by atoms with Crippen molar-refractivity contribution in [3.05, 3.63) is 18.1 Å². The van der Waals surface area contributed by atoms with E-state index < -0.39 is 0 Å². The molecular formula is C9H12N2O2. The quantitative estimate of drug-likeness (QED) is 0.673. The number of hydrogen-bond donors (Lipinski definition) is 1. The molecule has 0 amide bonds. The molecule has 13 heavy (non-hydrogen) atoms. The van der Waals surface area contributed by atoms with Gasteiger partial charge in [-0.1, -0.05) is 0 Å². The third kappa shape index (κ3) is 1.58. The number of rotatable bonds is 2. The number of furan rings is 1. The van der Waals surface area contributed by atoms with Crippen LogP contribution >= 0.6 is 0 Å². The first-order valence-corrected chi connectivity index (χ1v) is 4.40. The van der Waals surface area contributed by atoms with Gasteiger partial charge < -0.3 is 14.6 Å². The van der Waals surface area contributed by atoms with Gasteiger partial charge in [-0.15, -0.1) is 0 Å². The first-order valence-electron chi connectivity index (χ1n) is 4.40. The Balaban J connectivity index is 2.17. The number of piperazine rings is 1. The fraction of sp³-hybridized carbons (Fsp3) is 0.444. The van der Waals surface area contributed by atoms with Crippen LogP contribution in [-0.4, -0.2) is 32.5 Å². The van der Waals surface area contributed by atoms with Gasteiger partial charge in [0.15, 0.2) is 12.0 Å². The Labute approximate surface area is 76.5 Å². The van der Waals surface area contributed by atoms with E-state index in [4.69, 9.17) is 4.42 Å². The molecule has 1 fully saturated rings. The number of aldehydes is 1. The molecule has 2 heterocycles. The van der Waals surface area contributed by atoms with Crippen LogP contribution in [0.15, 0.2) is 16.7 Å². The molecule has 1 aromatic heterocycles. The summed E-state index contributed by atoms with van der Waals surface area (Å²) in [6.07, 6.45) is 2.32. The fourth-order valence-corrected chi connectivity index (χ4v) is 1.57. The minimum Gasteiger partial charge on any atom is -0.459 e. The number of nitrogens with one attached hydrogen (secondary N) is 1. The largest absolute Gasteiger partial charge is 0.459 e. The van der Waals surface area contributed by atoms with Gasteiger partial charge in [0.1, 0.15) is 0 Å². The molecule has 2 rings (SSSR count). The van der Waals surface area contributed by atoms with Crippen molar-refractivity contribution in [2.24, 2.45) is 0 Å². The molecule has 0 spiro atoms. The highest BCUT2D eigenvalue weighted by Gasteiger charge is 2.15. The topological polar surface area (TPSA) is 45.5 Å². The molecule has 1 aromatic rings. The zero-order valence-electron chi connectivity index (χ0n) is 7.32. The average molecular weight is 180 g/mol. The SMILES string of the molecule is O=Cc1occc1N1CCNCC1. The lowest BCUT2D eigenvalue weighted by molar-refractivity contribution is 0.110. The molecule has 4 nitrogen and oxygen atoms in total. The van der Waals surface area contributed by atoms with Gasteiger partial charge >= 0.3 is 0 Å². The van der Waals surface area contributed by atoms with Crippen LogP contribution in [0.5, 0.6) is 0 Å². The molecular weight excluding hydrogens is 168 g/mol. The van der Waals surface area contributed by atoms with Crippen LogP contribution in [0.3, 0.4) is 0 Å². The standard InChI is InChI=1S/C9H12N2O2/c12-7-9-8(1-6-13-9)11-4-2-10-3-5-11/h1,6-7,10H,2-5H2. The summed E-state index contributed by atoms with van der Waals surface area (Å²) >= 11 is 0. The second-order valence-corrected chi connectivity index (χ2v) is 3.02. The monoisotopic (exact) mass is 180 g/mol. The molecule has 70 valence electrons. The van der Waals surface area contributed by atoms with Crippen molar-refractivity contribution in [2.75, 3.05) is 31.1 Å². The molecule has 0 unspecified atom stereocenters. The highest BCUT2D eigenvalue weighted by molar-refractivity contribution is 5.80. The van der Waals surface area contributed by atoms with Crippen molar-refractivity contribution in [2.45, 2.75) is 0 Å². The van der Waals surface area contributed by atoms with Gasteiger partial charge in [-0.3, -0.25) is 4.79 Å². The molecule has 1 aliphatic heterocycles. The maximum absolute atomic E-state index is 10.6. The summed E-state index contributed by atoms with van der Waals surface area (Å²) in [4.78, 5) is 12.8. The van der Waals surface area contributed by atoms with E-state index >= 15 is 0 Å². The summed E-state index contributed by atoms with van der Waals surface area (Å²) in [6.45, 7) is 3.79. The molecule has 1 aliphatic rings. The van der Waals surface area contributed by atoms with Crippen molar-refractivity contribution in [3.8, 4) is 0 Å². The summed E-state index contributed by atoms with van der Waals surface area (Å²) in [5.74, 6) is 0.432. The molecule has 0 aromatic carbocycles. The number of carbonyl (C=O) groups excluding carboxylic acids is 1. The zero-order valence-corrected chi connectivity index (χ0v) is 7.32. The molecule has 0 atom stereocenters. The molecule has 0 saturated carbocycles. The van der Waals surface area contributed by atoms with Gasteiger partial charge in [0.05, 0.1) is 12.0 Å². The van der Waals surface area contributed by atoms with Crippen LogP contribution < -0.4 is 10.2 Å². The van der Waals surface area contributed by atoms with E-state index in [1.807, 2.05) is 6.07 Å². The van der Waals surface area contributed by atoms with E-state index in [0.717, 1.165) is 38.2 Å². The van der Waals surface area contributed by atoms with Crippen LogP contribution in [0.2, 0.25) is 0 Å². The van der Waals surface area contributed by atoms with Crippen molar-refractivity contribution in [3.63, 3.8) is 0 Å². The second kappa shape index (κ2) is 3.62. The smallest absolute Gasteiger partial charge is 0.189 e. The summed E-state index contributed by atoms with van der Waals surface area (Å²) in [7, 11) is 0. The predicted octanol–water partition coefficient (Wildman–Crippen LogP) is 0.502. The van der Waals surface area contributed by atoms with Gasteiger partial charge in [-0.25, -0.2) is 0 Å². The number of hydrogen-bond acceptors (Lipinski definition) is 4. The summed E-state index contributed by atoms with van der Waals surface area (Å²) in [5, 5.41) is 3.25. The van der Waals surface area contributed by atoms with E-state index in [1.165, 1.54) is 0 Å². The van der Waals surface area contributed by atoms with Crippen LogP contribution in [0.25, 0.3) is 0 Å². The van der Waals surface area contributed by atoms with Gasteiger partial charge in [-0.05, 0) is 0 Å². The molecule has 1 saturated heterocycles. The highest BCUT2D eigenvalue weighted by Crippen LogP contribution is 2.20. The van der Waals surface area contributed by atoms with E-state index in [1.54, 1.807) is 6.26 Å². The maximum atomic E-state index is 10.6. The van der Waals surface area contributed by atoms with Gasteiger partial charge in [0, 0.05) is 32.2 Å². The Hall–Kier alpha value is -1.29. The van der Waals surface area contributed by atoms with Crippen LogP contribution in [0.1, 0.15) is 10.6 Å². The van der Waals surface area contributed by atoms with Gasteiger partial charge in [0.25, 0.3) is 0 Å². The Kier molecular flexibility index (Phi) is 2.31. The molecule has 4 heteroatoms. The fourth-order valence-electron chi connectivity index (χ4n) is 1.57. The lowest BCUT2D eigenvalue weighted by Crippen LogP contribution is -2.43. The summed E-state index contributed by atoms with van der Waals surface area (Å²) < 4.78 is 5.04. The molecule has 0 aliphatic carbocycles. The lowest BCUT2D eigenvalue weighted by atomic mass is 10.3. The van der Waals surface area contributed by atoms with Crippen molar-refractivity contribution < 1.29 is 9.21 Å². The minimum atomic E-state index is 0.432. The number of carbonyl (C=O) groups is 1. The third-order valence-electron chi connectivity index (χ3n) is 2.24. The van der Waals surface area contributed by atoms with E-state index in [-0.39, 0.29) is 0 Å². The van der Waals surface area contributed by atoms with Crippen LogP contribution in [0.4, 0.5) is 5.69 Å². The summed E-state index contributed by atoms with van der Waals surface area (Å²) in [5.41, 5.74) is 0.913. The number of nitrogens with zero attached hydrogens (tertiary/aromatic N) is 1. The number of anilines is 1. The Bertz CT molecular complexity index is 290. The molecule has 1 N–H and O–H groups in total. The Morgan fingerprint density at radius 3 is 2.92 bits per heavy atom. The van der Waals surface area contributed by atoms with Crippen LogP contribution in [-0.2, 0) is 0 Å². The molecule has 0 bridgehead atoms. The summed E-state index contributed by atoms with van der Waals surface area (Å²) in [6, 6.07) is 1.84. The Morgan fingerprint density at radius 1 is 1.46 bits per heavy atom. The average Bonchev–Trinajstić information content (AvgIpc) is 2.67. The van der Waals surface area contributed by atoms with E-state index in [0.29, 0.717) is 5.76 Å². The second-order valence-electron chi connectivity index (χ2n) is 3.02. The first kappa shape index (κ1) is 8.31. The van der Waals surface area contributed by atoms with Crippen molar-refractivity contribution >= 4 is 12.0 Å². The normalized spacial score (nSPS) is 17.4. The van der Waals surface area contributed by atoms with Gasteiger partial charge in [-0.2, -0.15) is 0 Å². The van der Waals surface area contributed by atoms with E-state index in [9.17, 15) is 4.79 Å². The lowest BCUT2D eigenvalue weighted by Gasteiger charge is -2.28. The van der Waals surface area contributed by atoms with Gasteiger partial charge in [0.2, 0.25) is 0 Å². The Morgan fingerprint density at radius 2 is 2.23 bits per heavy atom. The predicted molar refractivity (Wildman–Crippen MR) is 49.2 cm³/mol.